The molecule has 1 saturated heterocycles. The first-order valence-corrected chi connectivity index (χ1v) is 10.3. The van der Waals surface area contributed by atoms with Gasteiger partial charge in [0, 0.05) is 42.5 Å². The Morgan fingerprint density at radius 2 is 1.86 bits per heavy atom. The molecule has 1 amide bonds. The van der Waals surface area contributed by atoms with Gasteiger partial charge >= 0.3 is 0 Å². The number of rotatable bonds is 4. The third-order valence-electron chi connectivity index (χ3n) is 4.68. The summed E-state index contributed by atoms with van der Waals surface area (Å²) in [7, 11) is 0. The van der Waals surface area contributed by atoms with E-state index in [1.54, 1.807) is 24.3 Å². The van der Waals surface area contributed by atoms with Crippen LogP contribution in [0.5, 0.6) is 0 Å². The van der Waals surface area contributed by atoms with Gasteiger partial charge in [-0.05, 0) is 55.2 Å². The molecule has 2 N–H and O–H groups in total. The van der Waals surface area contributed by atoms with Crippen molar-refractivity contribution in [3.8, 4) is 0 Å². The van der Waals surface area contributed by atoms with Crippen LogP contribution in [0.1, 0.15) is 17.3 Å². The van der Waals surface area contributed by atoms with Crippen LogP contribution in [0.25, 0.3) is 0 Å². The predicted molar refractivity (Wildman–Crippen MR) is 121 cm³/mol. The summed E-state index contributed by atoms with van der Waals surface area (Å²) in [6.45, 7) is 7.22. The van der Waals surface area contributed by atoms with Gasteiger partial charge in [-0.3, -0.25) is 10.1 Å². The first-order chi connectivity index (χ1) is 13.5. The van der Waals surface area contributed by atoms with Crippen LogP contribution in [0.4, 0.5) is 11.4 Å². The van der Waals surface area contributed by atoms with Gasteiger partial charge in [-0.25, -0.2) is 0 Å². The Balaban J connectivity index is 1.59. The van der Waals surface area contributed by atoms with Crippen molar-refractivity contribution in [2.45, 2.75) is 6.92 Å². The van der Waals surface area contributed by atoms with Crippen molar-refractivity contribution in [3.05, 3.63) is 58.1 Å². The Kier molecular flexibility index (Phi) is 7.13. The van der Waals surface area contributed by atoms with E-state index in [-0.39, 0.29) is 11.0 Å². The van der Waals surface area contributed by atoms with Crippen molar-refractivity contribution in [2.75, 3.05) is 42.9 Å². The number of carbonyl (C=O) groups is 1. The van der Waals surface area contributed by atoms with Gasteiger partial charge in [-0.1, -0.05) is 36.2 Å². The molecular formula is C20H22Cl2N4OS. The van der Waals surface area contributed by atoms with Crippen molar-refractivity contribution >= 4 is 57.8 Å². The summed E-state index contributed by atoms with van der Waals surface area (Å²) in [4.78, 5) is 16.9. The van der Waals surface area contributed by atoms with E-state index >= 15 is 0 Å². The maximum Gasteiger partial charge on any atom is 0.257 e. The Morgan fingerprint density at radius 1 is 1.11 bits per heavy atom. The molecule has 1 aliphatic heterocycles. The van der Waals surface area contributed by atoms with Crippen LogP contribution in [0.15, 0.2) is 42.5 Å². The lowest BCUT2D eigenvalue weighted by Gasteiger charge is -2.36. The van der Waals surface area contributed by atoms with Crippen molar-refractivity contribution in [2.24, 2.45) is 0 Å². The van der Waals surface area contributed by atoms with E-state index in [4.69, 9.17) is 35.4 Å². The third kappa shape index (κ3) is 5.35. The lowest BCUT2D eigenvalue weighted by molar-refractivity contribution is 0.0977. The van der Waals surface area contributed by atoms with Gasteiger partial charge in [-0.2, -0.15) is 0 Å². The van der Waals surface area contributed by atoms with Crippen LogP contribution >= 0.6 is 35.4 Å². The van der Waals surface area contributed by atoms with Crippen LogP contribution in [0, 0.1) is 0 Å². The molecule has 5 nitrogen and oxygen atoms in total. The molecule has 28 heavy (non-hydrogen) atoms. The molecule has 0 unspecified atom stereocenters. The molecule has 0 saturated carbocycles. The molecule has 0 spiro atoms. The molecule has 8 heteroatoms. The zero-order valence-corrected chi connectivity index (χ0v) is 17.9. The lowest BCUT2D eigenvalue weighted by Crippen LogP contribution is -2.46. The fourth-order valence-electron chi connectivity index (χ4n) is 3.11. The first-order valence-electron chi connectivity index (χ1n) is 9.11. The number of benzene rings is 2. The van der Waals surface area contributed by atoms with Crippen LogP contribution in [0.2, 0.25) is 10.0 Å². The number of piperazine rings is 1. The number of halogens is 2. The van der Waals surface area contributed by atoms with E-state index in [0.717, 1.165) is 44.1 Å². The van der Waals surface area contributed by atoms with E-state index in [0.29, 0.717) is 15.6 Å². The average molecular weight is 437 g/mol. The summed E-state index contributed by atoms with van der Waals surface area (Å²) in [6, 6.07) is 12.4. The molecule has 0 radical (unpaired) electrons. The first kappa shape index (κ1) is 20.9. The van der Waals surface area contributed by atoms with E-state index in [1.807, 2.05) is 18.2 Å². The zero-order valence-electron chi connectivity index (χ0n) is 15.5. The normalized spacial score (nSPS) is 14.6. The van der Waals surface area contributed by atoms with E-state index in [1.165, 1.54) is 0 Å². The number of nitrogens with zero attached hydrogens (tertiary/aromatic N) is 2. The van der Waals surface area contributed by atoms with Gasteiger partial charge in [0.2, 0.25) is 0 Å². The SMILES string of the molecule is CCN1CCN(c2ccc(NC(=S)NC(=O)c3cccc(Cl)c3)cc2Cl)CC1. The van der Waals surface area contributed by atoms with Gasteiger partial charge in [-0.15, -0.1) is 0 Å². The molecule has 1 fully saturated rings. The highest BCUT2D eigenvalue weighted by Gasteiger charge is 2.18. The van der Waals surface area contributed by atoms with Gasteiger partial charge in [0.25, 0.3) is 5.91 Å². The highest BCUT2D eigenvalue weighted by Crippen LogP contribution is 2.29. The second-order valence-corrected chi connectivity index (χ2v) is 7.76. The fourth-order valence-corrected chi connectivity index (χ4v) is 3.81. The quantitative estimate of drug-likeness (QED) is 0.700. The topological polar surface area (TPSA) is 47.6 Å². The molecule has 0 aromatic heterocycles. The monoisotopic (exact) mass is 436 g/mol. The molecule has 0 aliphatic carbocycles. The van der Waals surface area contributed by atoms with Crippen molar-refractivity contribution in [1.82, 2.24) is 10.2 Å². The number of anilines is 2. The molecule has 2 aromatic rings. The highest BCUT2D eigenvalue weighted by molar-refractivity contribution is 7.80. The molecule has 1 heterocycles. The van der Waals surface area contributed by atoms with Gasteiger partial charge in [0.15, 0.2) is 5.11 Å². The number of thiocarbonyl (C=S) groups is 1. The number of carbonyl (C=O) groups excluding carboxylic acids is 1. The Hall–Kier alpha value is -1.86. The van der Waals surface area contributed by atoms with Crippen LogP contribution in [-0.4, -0.2) is 48.6 Å². The summed E-state index contributed by atoms with van der Waals surface area (Å²) < 4.78 is 0. The highest BCUT2D eigenvalue weighted by atomic mass is 35.5. The molecule has 3 rings (SSSR count). The van der Waals surface area contributed by atoms with Crippen LogP contribution in [0.3, 0.4) is 0 Å². The molecule has 0 atom stereocenters. The molecular weight excluding hydrogens is 415 g/mol. The van der Waals surface area contributed by atoms with E-state index < -0.39 is 0 Å². The molecule has 0 bridgehead atoms. The number of nitrogens with one attached hydrogen (secondary N) is 2. The molecule has 1 aliphatic rings. The van der Waals surface area contributed by atoms with Crippen LogP contribution in [-0.2, 0) is 0 Å². The average Bonchev–Trinajstić information content (AvgIpc) is 2.68. The maximum atomic E-state index is 12.2. The fraction of sp³-hybridized carbons (Fsp3) is 0.300. The summed E-state index contributed by atoms with van der Waals surface area (Å²) >= 11 is 17.7. The largest absolute Gasteiger partial charge is 0.368 e. The lowest BCUT2D eigenvalue weighted by atomic mass is 10.2. The number of hydrogen-bond acceptors (Lipinski definition) is 4. The standard InChI is InChI=1S/C20H22Cl2N4OS/c1-2-25-8-10-26(11-9-25)18-7-6-16(13-17(18)22)23-20(28)24-19(27)14-4-3-5-15(21)12-14/h3-7,12-13H,2,8-11H2,1H3,(H2,23,24,27,28). The summed E-state index contributed by atoms with van der Waals surface area (Å²) in [5, 5.41) is 6.99. The number of likely N-dealkylation sites (N-methyl/N-ethyl adjacent to an activating group) is 1. The minimum absolute atomic E-state index is 0.199. The zero-order chi connectivity index (χ0) is 20.1. The Morgan fingerprint density at radius 3 is 2.50 bits per heavy atom. The second kappa shape index (κ2) is 9.56. The minimum atomic E-state index is -0.323. The number of amides is 1. The Bertz CT molecular complexity index is 869. The van der Waals surface area contributed by atoms with Crippen molar-refractivity contribution in [3.63, 3.8) is 0 Å². The predicted octanol–water partition coefficient (Wildman–Crippen LogP) is 4.26. The summed E-state index contributed by atoms with van der Waals surface area (Å²) in [6.07, 6.45) is 0. The van der Waals surface area contributed by atoms with Gasteiger partial charge in [0.1, 0.15) is 0 Å². The van der Waals surface area contributed by atoms with E-state index in [2.05, 4.69) is 27.4 Å². The van der Waals surface area contributed by atoms with E-state index in [9.17, 15) is 4.79 Å². The van der Waals surface area contributed by atoms with Gasteiger partial charge in [0.05, 0.1) is 10.7 Å². The van der Waals surface area contributed by atoms with Crippen LogP contribution < -0.4 is 15.5 Å². The Labute approximate surface area is 180 Å². The molecule has 148 valence electrons. The van der Waals surface area contributed by atoms with Gasteiger partial charge < -0.3 is 15.1 Å². The van der Waals surface area contributed by atoms with Crippen molar-refractivity contribution < 1.29 is 4.79 Å². The minimum Gasteiger partial charge on any atom is -0.368 e. The maximum absolute atomic E-state index is 12.2. The summed E-state index contributed by atoms with van der Waals surface area (Å²) in [5.41, 5.74) is 2.17. The third-order valence-corrected chi connectivity index (χ3v) is 5.42. The molecule has 2 aromatic carbocycles. The smallest absolute Gasteiger partial charge is 0.257 e. The number of hydrogen-bond donors (Lipinski definition) is 2. The van der Waals surface area contributed by atoms with Crippen molar-refractivity contribution in [1.29, 1.82) is 0 Å². The summed E-state index contributed by atoms with van der Waals surface area (Å²) in [5.74, 6) is -0.323. The second-order valence-electron chi connectivity index (χ2n) is 6.51.